The number of nitro groups is 1. The molecule has 4 nitrogen and oxygen atoms in total. The molecule has 1 saturated carbocycles. The second-order valence-corrected chi connectivity index (χ2v) is 5.97. The maximum atomic E-state index is 10.9. The van der Waals surface area contributed by atoms with Crippen molar-refractivity contribution in [3.8, 4) is 0 Å². The van der Waals surface area contributed by atoms with E-state index in [0.717, 1.165) is 10.6 Å². The maximum Gasteiger partial charge on any atom is 0.272 e. The van der Waals surface area contributed by atoms with Crippen LogP contribution in [0.2, 0.25) is 0 Å². The minimum absolute atomic E-state index is 0.167. The molecule has 1 N–H and O–H groups in total. The molecular weight excluding hydrogens is 248 g/mol. The molecule has 0 amide bonds. The average Bonchev–Trinajstić information content (AvgIpc) is 2.39. The number of hydrogen-bond donors (Lipinski definition) is 1. The highest BCUT2D eigenvalue weighted by atomic mass is 32.2. The molecule has 18 heavy (non-hydrogen) atoms. The third-order valence-corrected chi connectivity index (χ3v) is 4.56. The summed E-state index contributed by atoms with van der Waals surface area (Å²) < 4.78 is 0. The van der Waals surface area contributed by atoms with Crippen molar-refractivity contribution in [3.63, 3.8) is 0 Å². The second kappa shape index (κ2) is 6.09. The van der Waals surface area contributed by atoms with Gasteiger partial charge in [-0.3, -0.25) is 10.1 Å². The molecule has 0 radical (unpaired) electrons. The van der Waals surface area contributed by atoms with E-state index < -0.39 is 0 Å². The van der Waals surface area contributed by atoms with Crippen LogP contribution in [0.1, 0.15) is 32.1 Å². The molecule has 2 rings (SSSR count). The Bertz CT molecular complexity index is 431. The van der Waals surface area contributed by atoms with E-state index in [4.69, 9.17) is 0 Å². The van der Waals surface area contributed by atoms with Gasteiger partial charge in [-0.25, -0.2) is 0 Å². The van der Waals surface area contributed by atoms with Crippen molar-refractivity contribution in [2.45, 2.75) is 42.2 Å². The van der Waals surface area contributed by atoms with Crippen molar-refractivity contribution >= 4 is 23.1 Å². The van der Waals surface area contributed by atoms with Gasteiger partial charge in [0.1, 0.15) is 0 Å². The first-order chi connectivity index (χ1) is 8.69. The lowest BCUT2D eigenvalue weighted by molar-refractivity contribution is -0.385. The number of anilines is 1. The molecular formula is C13H18N2O2S. The van der Waals surface area contributed by atoms with Crippen LogP contribution in [0.4, 0.5) is 11.4 Å². The molecule has 98 valence electrons. The highest BCUT2D eigenvalue weighted by molar-refractivity contribution is 8.00. The van der Waals surface area contributed by atoms with Crippen molar-refractivity contribution in [1.29, 1.82) is 0 Å². The number of nitro benzene ring substituents is 1. The van der Waals surface area contributed by atoms with Gasteiger partial charge in [-0.15, -0.1) is 11.8 Å². The predicted molar refractivity (Wildman–Crippen MR) is 75.4 cm³/mol. The zero-order chi connectivity index (χ0) is 13.0. The lowest BCUT2D eigenvalue weighted by Gasteiger charge is -2.21. The normalized spacial score (nSPS) is 16.5. The number of nitrogens with one attached hydrogen (secondary N) is 1. The standard InChI is InChI=1S/C13H18N2O2S/c1-14-10-7-11(15(16)17)9-13(8-10)18-12-5-3-2-4-6-12/h7-9,12,14H,2-6H2,1H3. The SMILES string of the molecule is CNc1cc(SC2CCCCC2)cc([N+](=O)[O-])c1. The van der Waals surface area contributed by atoms with Gasteiger partial charge in [0.25, 0.3) is 5.69 Å². The quantitative estimate of drug-likeness (QED) is 0.659. The van der Waals surface area contributed by atoms with Crippen LogP contribution in [-0.4, -0.2) is 17.2 Å². The predicted octanol–water partition coefficient (Wildman–Crippen LogP) is 4.06. The topological polar surface area (TPSA) is 55.2 Å². The summed E-state index contributed by atoms with van der Waals surface area (Å²) in [5.41, 5.74) is 0.975. The van der Waals surface area contributed by atoms with Crippen LogP contribution >= 0.6 is 11.8 Å². The van der Waals surface area contributed by atoms with E-state index in [2.05, 4.69) is 5.32 Å². The van der Waals surface area contributed by atoms with E-state index in [1.807, 2.05) is 6.07 Å². The minimum Gasteiger partial charge on any atom is -0.388 e. The summed E-state index contributed by atoms with van der Waals surface area (Å²) in [5.74, 6) is 0. The molecule has 1 fully saturated rings. The summed E-state index contributed by atoms with van der Waals surface area (Å²) in [7, 11) is 1.79. The van der Waals surface area contributed by atoms with Crippen molar-refractivity contribution in [3.05, 3.63) is 28.3 Å². The molecule has 0 spiro atoms. The fourth-order valence-corrected chi connectivity index (χ4v) is 3.61. The molecule has 1 aliphatic rings. The van der Waals surface area contributed by atoms with Crippen LogP contribution in [0.15, 0.2) is 23.1 Å². The highest BCUT2D eigenvalue weighted by Gasteiger charge is 2.17. The van der Waals surface area contributed by atoms with Gasteiger partial charge in [0, 0.05) is 35.0 Å². The highest BCUT2D eigenvalue weighted by Crippen LogP contribution is 2.36. The number of non-ortho nitro benzene ring substituents is 1. The zero-order valence-electron chi connectivity index (χ0n) is 10.5. The van der Waals surface area contributed by atoms with Crippen LogP contribution in [-0.2, 0) is 0 Å². The maximum absolute atomic E-state index is 10.9. The number of hydrogen-bond acceptors (Lipinski definition) is 4. The number of benzene rings is 1. The smallest absolute Gasteiger partial charge is 0.272 e. The van der Waals surface area contributed by atoms with Gasteiger partial charge < -0.3 is 5.32 Å². The Labute approximate surface area is 111 Å². The monoisotopic (exact) mass is 266 g/mol. The Kier molecular flexibility index (Phi) is 4.47. The van der Waals surface area contributed by atoms with Gasteiger partial charge in [0.15, 0.2) is 0 Å². The van der Waals surface area contributed by atoms with Crippen LogP contribution in [0.25, 0.3) is 0 Å². The molecule has 0 bridgehead atoms. The molecule has 1 aromatic rings. The third-order valence-electron chi connectivity index (χ3n) is 3.25. The van der Waals surface area contributed by atoms with Gasteiger partial charge >= 0.3 is 0 Å². The van der Waals surface area contributed by atoms with Gasteiger partial charge in [0.05, 0.1) is 4.92 Å². The van der Waals surface area contributed by atoms with Gasteiger partial charge in [-0.1, -0.05) is 19.3 Å². The van der Waals surface area contributed by atoms with E-state index in [-0.39, 0.29) is 10.6 Å². The first kappa shape index (κ1) is 13.2. The van der Waals surface area contributed by atoms with Crippen molar-refractivity contribution in [2.24, 2.45) is 0 Å². The summed E-state index contributed by atoms with van der Waals surface area (Å²) in [6.07, 6.45) is 6.34. The van der Waals surface area contributed by atoms with Crippen LogP contribution in [0, 0.1) is 10.1 Å². The van der Waals surface area contributed by atoms with Gasteiger partial charge in [-0.2, -0.15) is 0 Å². The largest absolute Gasteiger partial charge is 0.388 e. The molecule has 0 heterocycles. The Morgan fingerprint density at radius 3 is 2.61 bits per heavy atom. The first-order valence-electron chi connectivity index (χ1n) is 6.33. The van der Waals surface area contributed by atoms with E-state index in [0.29, 0.717) is 5.25 Å². The number of nitrogens with zero attached hydrogens (tertiary/aromatic N) is 1. The summed E-state index contributed by atoms with van der Waals surface area (Å²) >= 11 is 1.78. The molecule has 0 aliphatic heterocycles. The van der Waals surface area contributed by atoms with E-state index in [1.165, 1.54) is 32.1 Å². The van der Waals surface area contributed by atoms with Crippen molar-refractivity contribution in [1.82, 2.24) is 0 Å². The minimum atomic E-state index is -0.328. The van der Waals surface area contributed by atoms with Gasteiger partial charge in [-0.05, 0) is 18.9 Å². The Morgan fingerprint density at radius 2 is 2.00 bits per heavy atom. The second-order valence-electron chi connectivity index (χ2n) is 4.60. The fraction of sp³-hybridized carbons (Fsp3) is 0.538. The van der Waals surface area contributed by atoms with E-state index >= 15 is 0 Å². The lowest BCUT2D eigenvalue weighted by Crippen LogP contribution is -2.07. The van der Waals surface area contributed by atoms with E-state index in [1.54, 1.807) is 30.9 Å². The van der Waals surface area contributed by atoms with Crippen molar-refractivity contribution < 1.29 is 4.92 Å². The number of thioether (sulfide) groups is 1. The molecule has 0 unspecified atom stereocenters. The summed E-state index contributed by atoms with van der Waals surface area (Å²) in [5, 5.41) is 14.5. The fourth-order valence-electron chi connectivity index (χ4n) is 2.28. The molecule has 5 heteroatoms. The zero-order valence-corrected chi connectivity index (χ0v) is 11.3. The molecule has 1 aliphatic carbocycles. The summed E-state index contributed by atoms with van der Waals surface area (Å²) in [4.78, 5) is 11.6. The molecule has 0 atom stereocenters. The summed E-state index contributed by atoms with van der Waals surface area (Å²) in [6.45, 7) is 0. The number of rotatable bonds is 4. The average molecular weight is 266 g/mol. The summed E-state index contributed by atoms with van der Waals surface area (Å²) in [6, 6.07) is 5.25. The third kappa shape index (κ3) is 3.38. The Hall–Kier alpha value is -1.23. The first-order valence-corrected chi connectivity index (χ1v) is 7.21. The molecule has 0 saturated heterocycles. The lowest BCUT2D eigenvalue weighted by atomic mass is 10.0. The Morgan fingerprint density at radius 1 is 1.28 bits per heavy atom. The van der Waals surface area contributed by atoms with E-state index in [9.17, 15) is 10.1 Å². The van der Waals surface area contributed by atoms with Crippen LogP contribution in [0.5, 0.6) is 0 Å². The van der Waals surface area contributed by atoms with Crippen LogP contribution in [0.3, 0.4) is 0 Å². The Balaban J connectivity index is 2.15. The van der Waals surface area contributed by atoms with Crippen LogP contribution < -0.4 is 5.32 Å². The van der Waals surface area contributed by atoms with Crippen molar-refractivity contribution in [2.75, 3.05) is 12.4 Å². The van der Waals surface area contributed by atoms with Gasteiger partial charge in [0.2, 0.25) is 0 Å². The molecule has 0 aromatic heterocycles. The molecule has 1 aromatic carbocycles.